The minimum absolute atomic E-state index is 0.0408. The molecule has 1 aliphatic carbocycles. The lowest BCUT2D eigenvalue weighted by atomic mass is 9.64. The fourth-order valence-electron chi connectivity index (χ4n) is 2.77. The number of nitrogens with one attached hydrogen (secondary N) is 2. The van der Waals surface area contributed by atoms with Crippen molar-refractivity contribution in [2.45, 2.75) is 24.7 Å². The summed E-state index contributed by atoms with van der Waals surface area (Å²) in [5.41, 5.74) is 1.23. The van der Waals surface area contributed by atoms with Crippen LogP contribution in [0, 0.1) is 0 Å². The first-order chi connectivity index (χ1) is 10.2. The summed E-state index contributed by atoms with van der Waals surface area (Å²) >= 11 is 0. The molecule has 2 N–H and O–H groups in total. The van der Waals surface area contributed by atoms with Crippen LogP contribution in [0.25, 0.3) is 0 Å². The predicted octanol–water partition coefficient (Wildman–Crippen LogP) is 1.62. The Labute approximate surface area is 122 Å². The van der Waals surface area contributed by atoms with Crippen molar-refractivity contribution in [1.82, 2.24) is 15.5 Å². The topological polar surface area (TPSA) is 74.8 Å². The van der Waals surface area contributed by atoms with Gasteiger partial charge in [-0.25, -0.2) is 5.10 Å². The molecule has 1 heterocycles. The predicted molar refractivity (Wildman–Crippen MR) is 79.2 cm³/mol. The maximum absolute atomic E-state index is 12.1. The lowest BCUT2D eigenvalue weighted by Crippen LogP contribution is -2.45. The average Bonchev–Trinajstić information content (AvgIpc) is 2.48. The number of aromatic amines is 1. The first kappa shape index (κ1) is 13.5. The number of nitrogens with zero attached hydrogens (tertiary/aromatic N) is 1. The molecule has 1 fully saturated rings. The molecule has 0 unspecified atom stereocenters. The number of carbonyl (C=O) groups excluding carboxylic acids is 1. The quantitative estimate of drug-likeness (QED) is 0.895. The van der Waals surface area contributed by atoms with Crippen LogP contribution in [0.15, 0.2) is 47.3 Å². The van der Waals surface area contributed by atoms with Gasteiger partial charge < -0.3 is 5.32 Å². The van der Waals surface area contributed by atoms with Gasteiger partial charge in [0.15, 0.2) is 0 Å². The highest BCUT2D eigenvalue weighted by molar-refractivity contribution is 5.92. The van der Waals surface area contributed by atoms with E-state index in [1.54, 1.807) is 0 Å². The summed E-state index contributed by atoms with van der Waals surface area (Å²) in [6.07, 6.45) is 3.34. The molecule has 2 aromatic rings. The van der Waals surface area contributed by atoms with Crippen molar-refractivity contribution < 1.29 is 4.79 Å². The largest absolute Gasteiger partial charge is 0.350 e. The second-order valence-electron chi connectivity index (χ2n) is 5.49. The van der Waals surface area contributed by atoms with E-state index in [0.29, 0.717) is 6.54 Å². The summed E-state index contributed by atoms with van der Waals surface area (Å²) in [5, 5.41) is 8.95. The number of carbonyl (C=O) groups is 1. The molecule has 1 amide bonds. The van der Waals surface area contributed by atoms with Crippen LogP contribution in [0.4, 0.5) is 0 Å². The zero-order chi connectivity index (χ0) is 14.7. The molecule has 1 saturated carbocycles. The van der Waals surface area contributed by atoms with E-state index in [9.17, 15) is 9.59 Å². The van der Waals surface area contributed by atoms with Gasteiger partial charge >= 0.3 is 0 Å². The van der Waals surface area contributed by atoms with Crippen molar-refractivity contribution in [1.29, 1.82) is 0 Å². The highest BCUT2D eigenvalue weighted by atomic mass is 16.2. The lowest BCUT2D eigenvalue weighted by molar-refractivity contribution is 0.0921. The number of hydrogen-bond acceptors (Lipinski definition) is 3. The zero-order valence-corrected chi connectivity index (χ0v) is 11.6. The smallest absolute Gasteiger partial charge is 0.271 e. The van der Waals surface area contributed by atoms with Gasteiger partial charge in [0, 0.05) is 18.0 Å². The van der Waals surface area contributed by atoms with E-state index in [4.69, 9.17) is 0 Å². The van der Waals surface area contributed by atoms with Gasteiger partial charge in [-0.1, -0.05) is 36.8 Å². The second kappa shape index (κ2) is 5.52. The highest BCUT2D eigenvalue weighted by Crippen LogP contribution is 2.43. The van der Waals surface area contributed by atoms with Gasteiger partial charge in [-0.3, -0.25) is 9.59 Å². The fraction of sp³-hybridized carbons (Fsp3) is 0.312. The number of rotatable bonds is 4. The molecule has 5 heteroatoms. The Morgan fingerprint density at radius 2 is 1.95 bits per heavy atom. The minimum Gasteiger partial charge on any atom is -0.350 e. The summed E-state index contributed by atoms with van der Waals surface area (Å²) in [6, 6.07) is 13.0. The number of benzene rings is 1. The Kier molecular flexibility index (Phi) is 3.56. The van der Waals surface area contributed by atoms with Gasteiger partial charge in [0.1, 0.15) is 5.69 Å². The molecule has 108 valence electrons. The maximum atomic E-state index is 12.1. The first-order valence-corrected chi connectivity index (χ1v) is 7.09. The molecule has 1 aliphatic rings. The van der Waals surface area contributed by atoms with Crippen molar-refractivity contribution in [2.24, 2.45) is 0 Å². The first-order valence-electron chi connectivity index (χ1n) is 7.09. The number of H-pyrrole nitrogens is 1. The molecule has 0 saturated heterocycles. The monoisotopic (exact) mass is 283 g/mol. The minimum atomic E-state index is -0.314. The van der Waals surface area contributed by atoms with Crippen LogP contribution >= 0.6 is 0 Å². The Morgan fingerprint density at radius 1 is 1.19 bits per heavy atom. The molecule has 5 nitrogen and oxygen atoms in total. The van der Waals surface area contributed by atoms with E-state index in [2.05, 4.69) is 27.6 Å². The van der Waals surface area contributed by atoms with Gasteiger partial charge in [-0.05, 0) is 24.5 Å². The summed E-state index contributed by atoms with van der Waals surface area (Å²) < 4.78 is 0. The van der Waals surface area contributed by atoms with Crippen molar-refractivity contribution in [3.63, 3.8) is 0 Å². The van der Waals surface area contributed by atoms with Crippen LogP contribution in [0.2, 0.25) is 0 Å². The van der Waals surface area contributed by atoms with Crippen molar-refractivity contribution >= 4 is 5.91 Å². The van der Waals surface area contributed by atoms with Crippen LogP contribution in [0.3, 0.4) is 0 Å². The van der Waals surface area contributed by atoms with E-state index in [-0.39, 0.29) is 22.6 Å². The Bertz CT molecular complexity index is 670. The van der Waals surface area contributed by atoms with E-state index in [1.165, 1.54) is 24.1 Å². The van der Waals surface area contributed by atoms with E-state index >= 15 is 0 Å². The van der Waals surface area contributed by atoms with Gasteiger partial charge in [0.25, 0.3) is 11.5 Å². The van der Waals surface area contributed by atoms with Crippen LogP contribution < -0.4 is 10.9 Å². The molecule has 0 spiro atoms. The van der Waals surface area contributed by atoms with Crippen LogP contribution in [0.5, 0.6) is 0 Å². The van der Waals surface area contributed by atoms with Crippen LogP contribution in [-0.4, -0.2) is 22.6 Å². The van der Waals surface area contributed by atoms with Crippen molar-refractivity contribution in [3.8, 4) is 0 Å². The van der Waals surface area contributed by atoms with Gasteiger partial charge in [0.2, 0.25) is 0 Å². The van der Waals surface area contributed by atoms with Crippen LogP contribution in [-0.2, 0) is 5.41 Å². The van der Waals surface area contributed by atoms with E-state index < -0.39 is 0 Å². The molecule has 1 aromatic carbocycles. The summed E-state index contributed by atoms with van der Waals surface area (Å²) in [6.45, 7) is 0.594. The Morgan fingerprint density at radius 3 is 2.52 bits per heavy atom. The molecule has 0 radical (unpaired) electrons. The molecule has 21 heavy (non-hydrogen) atoms. The molecular formula is C16H17N3O2. The second-order valence-corrected chi connectivity index (χ2v) is 5.49. The third-order valence-electron chi connectivity index (χ3n) is 4.20. The lowest BCUT2D eigenvalue weighted by Gasteiger charge is -2.42. The molecule has 3 rings (SSSR count). The third kappa shape index (κ3) is 2.72. The maximum Gasteiger partial charge on any atom is 0.271 e. The van der Waals surface area contributed by atoms with Gasteiger partial charge in [-0.15, -0.1) is 0 Å². The number of aromatic nitrogens is 2. The summed E-state index contributed by atoms with van der Waals surface area (Å²) in [7, 11) is 0. The Hall–Kier alpha value is -2.43. The van der Waals surface area contributed by atoms with Crippen molar-refractivity contribution in [2.75, 3.05) is 6.54 Å². The number of amides is 1. The standard InChI is InChI=1S/C16H17N3O2/c20-14-8-7-13(18-19-14)15(21)17-11-16(9-4-10-16)12-5-2-1-3-6-12/h1-3,5-8H,4,9-11H2,(H,17,21)(H,19,20). The van der Waals surface area contributed by atoms with Gasteiger partial charge in [0.05, 0.1) is 0 Å². The third-order valence-corrected chi connectivity index (χ3v) is 4.20. The van der Waals surface area contributed by atoms with E-state index in [1.807, 2.05) is 18.2 Å². The molecular weight excluding hydrogens is 266 g/mol. The summed E-state index contributed by atoms with van der Waals surface area (Å²) in [4.78, 5) is 23.0. The normalized spacial score (nSPS) is 16.0. The Balaban J connectivity index is 1.70. The number of hydrogen-bond donors (Lipinski definition) is 2. The molecule has 0 atom stereocenters. The van der Waals surface area contributed by atoms with Crippen molar-refractivity contribution in [3.05, 3.63) is 64.1 Å². The van der Waals surface area contributed by atoms with E-state index in [0.717, 1.165) is 12.8 Å². The molecule has 0 aliphatic heterocycles. The van der Waals surface area contributed by atoms with Crippen LogP contribution in [0.1, 0.15) is 35.3 Å². The molecule has 0 bridgehead atoms. The SMILES string of the molecule is O=C(NCC1(c2ccccc2)CCC1)c1ccc(=O)[nH]n1. The van der Waals surface area contributed by atoms with Gasteiger partial charge in [-0.2, -0.15) is 5.10 Å². The summed E-state index contributed by atoms with van der Waals surface area (Å²) in [5.74, 6) is -0.256. The molecule has 1 aromatic heterocycles. The zero-order valence-electron chi connectivity index (χ0n) is 11.6. The fourth-order valence-corrected chi connectivity index (χ4v) is 2.77. The highest BCUT2D eigenvalue weighted by Gasteiger charge is 2.38. The average molecular weight is 283 g/mol.